The molecule has 2 aromatic rings. The van der Waals surface area contributed by atoms with E-state index in [2.05, 4.69) is 9.97 Å². The third-order valence-electron chi connectivity index (χ3n) is 2.20. The van der Waals surface area contributed by atoms with Gasteiger partial charge in [0, 0.05) is 31.2 Å². The molecule has 0 fully saturated rings. The van der Waals surface area contributed by atoms with Crippen molar-refractivity contribution in [3.8, 4) is 11.1 Å². The molecule has 0 radical (unpaired) electrons. The van der Waals surface area contributed by atoms with Crippen LogP contribution in [0.1, 0.15) is 0 Å². The van der Waals surface area contributed by atoms with Gasteiger partial charge in [-0.15, -0.1) is 0 Å². The smallest absolute Gasteiger partial charge is 0.313 e. The van der Waals surface area contributed by atoms with Crippen LogP contribution in [-0.2, 0) is 7.05 Å². The Bertz CT molecular complexity index is 645. The molecular weight excluding hydrogens is 230 g/mol. The van der Waals surface area contributed by atoms with E-state index in [9.17, 15) is 9.59 Å². The van der Waals surface area contributed by atoms with Crippen molar-refractivity contribution in [2.75, 3.05) is 0 Å². The second-order valence-corrected chi connectivity index (χ2v) is 3.70. The fourth-order valence-corrected chi connectivity index (χ4v) is 1.51. The molecule has 0 aliphatic heterocycles. The molecule has 16 heavy (non-hydrogen) atoms. The van der Waals surface area contributed by atoms with Crippen LogP contribution in [-0.4, -0.2) is 14.5 Å². The molecule has 0 saturated carbocycles. The van der Waals surface area contributed by atoms with Crippen molar-refractivity contribution < 1.29 is 0 Å². The first-order valence-electron chi connectivity index (χ1n) is 4.49. The number of rotatable bonds is 1. The number of halogens is 1. The van der Waals surface area contributed by atoms with Gasteiger partial charge >= 0.3 is 5.69 Å². The molecule has 0 aromatic carbocycles. The number of nitrogens with one attached hydrogen (secondary N) is 1. The Labute approximate surface area is 95.3 Å². The summed E-state index contributed by atoms with van der Waals surface area (Å²) < 4.78 is 0.996. The summed E-state index contributed by atoms with van der Waals surface area (Å²) in [7, 11) is 1.41. The quantitative estimate of drug-likeness (QED) is 0.797. The number of hydrogen-bond acceptors (Lipinski definition) is 3. The molecule has 6 heteroatoms. The summed E-state index contributed by atoms with van der Waals surface area (Å²) in [6.45, 7) is 0. The van der Waals surface area contributed by atoms with Crippen molar-refractivity contribution >= 4 is 11.6 Å². The summed E-state index contributed by atoms with van der Waals surface area (Å²) in [5.41, 5.74) is 0.0954. The summed E-state index contributed by atoms with van der Waals surface area (Å²) in [5, 5.41) is 0.436. The fourth-order valence-electron chi connectivity index (χ4n) is 1.33. The molecule has 2 heterocycles. The largest absolute Gasteiger partial charge is 0.328 e. The van der Waals surface area contributed by atoms with Crippen molar-refractivity contribution in [1.29, 1.82) is 0 Å². The number of aromatic nitrogens is 3. The molecular formula is C10H8ClN3O2. The predicted octanol–water partition coefficient (Wildman–Crippen LogP) is 0.789. The van der Waals surface area contributed by atoms with E-state index in [0.717, 1.165) is 4.57 Å². The predicted molar refractivity (Wildman–Crippen MR) is 60.5 cm³/mol. The van der Waals surface area contributed by atoms with Crippen molar-refractivity contribution in [3.05, 3.63) is 50.5 Å². The van der Waals surface area contributed by atoms with Gasteiger partial charge in [0.25, 0.3) is 5.56 Å². The van der Waals surface area contributed by atoms with E-state index in [1.165, 1.54) is 25.6 Å². The van der Waals surface area contributed by atoms with E-state index < -0.39 is 5.69 Å². The van der Waals surface area contributed by atoms with E-state index in [1.807, 2.05) is 0 Å². The number of nitrogens with zero attached hydrogens (tertiary/aromatic N) is 2. The Hall–Kier alpha value is -1.88. The Morgan fingerprint density at radius 1 is 1.38 bits per heavy atom. The van der Waals surface area contributed by atoms with Crippen molar-refractivity contribution in [3.63, 3.8) is 0 Å². The topological polar surface area (TPSA) is 67.8 Å². The maximum absolute atomic E-state index is 11.8. The van der Waals surface area contributed by atoms with Gasteiger partial charge in [0.15, 0.2) is 0 Å². The van der Waals surface area contributed by atoms with Crippen LogP contribution in [0, 0.1) is 0 Å². The molecule has 1 N–H and O–H groups in total. The Morgan fingerprint density at radius 2 is 2.12 bits per heavy atom. The van der Waals surface area contributed by atoms with Crippen LogP contribution in [0.25, 0.3) is 11.1 Å². The molecule has 0 unspecified atom stereocenters. The van der Waals surface area contributed by atoms with Crippen LogP contribution >= 0.6 is 11.6 Å². The van der Waals surface area contributed by atoms with Crippen molar-refractivity contribution in [2.24, 2.45) is 7.05 Å². The molecule has 0 saturated heterocycles. The van der Waals surface area contributed by atoms with Crippen LogP contribution in [0.4, 0.5) is 0 Å². The SMILES string of the molecule is Cn1c(=O)[nH]cc(-c2cncc(Cl)c2)c1=O. The lowest BCUT2D eigenvalue weighted by Crippen LogP contribution is -2.32. The third kappa shape index (κ3) is 1.77. The summed E-state index contributed by atoms with van der Waals surface area (Å²) in [6, 6.07) is 1.61. The van der Waals surface area contributed by atoms with Gasteiger partial charge in [-0.3, -0.25) is 14.3 Å². The van der Waals surface area contributed by atoms with Gasteiger partial charge in [0.05, 0.1) is 10.6 Å². The highest BCUT2D eigenvalue weighted by Crippen LogP contribution is 2.16. The zero-order valence-electron chi connectivity index (χ0n) is 8.40. The monoisotopic (exact) mass is 237 g/mol. The van der Waals surface area contributed by atoms with Gasteiger partial charge < -0.3 is 4.98 Å². The van der Waals surface area contributed by atoms with Crippen molar-refractivity contribution in [2.45, 2.75) is 0 Å². The van der Waals surface area contributed by atoms with E-state index in [1.54, 1.807) is 6.07 Å². The molecule has 0 spiro atoms. The zero-order chi connectivity index (χ0) is 11.7. The van der Waals surface area contributed by atoms with Crippen molar-refractivity contribution in [1.82, 2.24) is 14.5 Å². The molecule has 0 aliphatic carbocycles. The van der Waals surface area contributed by atoms with Crippen LogP contribution in [0.15, 0.2) is 34.2 Å². The Morgan fingerprint density at radius 3 is 2.81 bits per heavy atom. The summed E-state index contributed by atoms with van der Waals surface area (Å²) in [4.78, 5) is 29.3. The average Bonchev–Trinajstić information content (AvgIpc) is 2.26. The summed E-state index contributed by atoms with van der Waals surface area (Å²) in [5.74, 6) is 0. The van der Waals surface area contributed by atoms with Gasteiger partial charge in [0.2, 0.25) is 0 Å². The van der Waals surface area contributed by atoms with E-state index in [4.69, 9.17) is 11.6 Å². The zero-order valence-corrected chi connectivity index (χ0v) is 9.15. The van der Waals surface area contributed by atoms with E-state index in [-0.39, 0.29) is 5.56 Å². The average molecular weight is 238 g/mol. The van der Waals surface area contributed by atoms with Gasteiger partial charge in [-0.2, -0.15) is 0 Å². The van der Waals surface area contributed by atoms with Crippen LogP contribution in [0.5, 0.6) is 0 Å². The standard InChI is InChI=1S/C10H8ClN3O2/c1-14-9(15)8(5-13-10(14)16)6-2-7(11)4-12-3-6/h2-5H,1H3,(H,13,16). The second kappa shape index (κ2) is 3.94. The minimum Gasteiger partial charge on any atom is -0.313 e. The van der Waals surface area contributed by atoms with E-state index >= 15 is 0 Å². The highest BCUT2D eigenvalue weighted by Gasteiger charge is 2.07. The van der Waals surface area contributed by atoms with Gasteiger partial charge in [-0.25, -0.2) is 4.79 Å². The maximum atomic E-state index is 11.8. The lowest BCUT2D eigenvalue weighted by Gasteiger charge is -2.02. The molecule has 0 amide bonds. The van der Waals surface area contributed by atoms with Crippen LogP contribution in [0.2, 0.25) is 5.02 Å². The highest BCUT2D eigenvalue weighted by atomic mass is 35.5. The Balaban J connectivity index is 2.71. The number of hydrogen-bond donors (Lipinski definition) is 1. The minimum absolute atomic E-state index is 0.358. The minimum atomic E-state index is -0.455. The molecule has 0 atom stereocenters. The van der Waals surface area contributed by atoms with Gasteiger partial charge in [-0.1, -0.05) is 11.6 Å². The molecule has 2 rings (SSSR count). The summed E-state index contributed by atoms with van der Waals surface area (Å²) >= 11 is 5.77. The lowest BCUT2D eigenvalue weighted by atomic mass is 10.1. The first-order valence-corrected chi connectivity index (χ1v) is 4.87. The van der Waals surface area contributed by atoms with E-state index in [0.29, 0.717) is 16.1 Å². The number of pyridine rings is 1. The lowest BCUT2D eigenvalue weighted by molar-refractivity contribution is 0.778. The Kier molecular flexibility index (Phi) is 2.62. The van der Waals surface area contributed by atoms with Crippen LogP contribution < -0.4 is 11.2 Å². The normalized spacial score (nSPS) is 10.4. The van der Waals surface area contributed by atoms with Gasteiger partial charge in [0.1, 0.15) is 0 Å². The molecule has 5 nitrogen and oxygen atoms in total. The summed E-state index contributed by atoms with van der Waals surface area (Å²) in [6.07, 6.45) is 4.35. The second-order valence-electron chi connectivity index (χ2n) is 3.26. The third-order valence-corrected chi connectivity index (χ3v) is 2.40. The van der Waals surface area contributed by atoms with Gasteiger partial charge in [-0.05, 0) is 6.07 Å². The maximum Gasteiger partial charge on any atom is 0.328 e. The molecule has 0 aliphatic rings. The number of aromatic amines is 1. The molecule has 0 bridgehead atoms. The molecule has 82 valence electrons. The number of H-pyrrole nitrogens is 1. The fraction of sp³-hybridized carbons (Fsp3) is 0.100. The van der Waals surface area contributed by atoms with Crippen LogP contribution in [0.3, 0.4) is 0 Å². The first kappa shape index (κ1) is 10.6. The highest BCUT2D eigenvalue weighted by molar-refractivity contribution is 6.30. The first-order chi connectivity index (χ1) is 7.59. The molecule has 2 aromatic heterocycles.